The smallest absolute Gasteiger partial charge is 0.359 e. The average molecular weight is 217 g/mol. The zero-order valence-electron chi connectivity index (χ0n) is 7.60. The van der Waals surface area contributed by atoms with Crippen molar-refractivity contribution >= 4 is 16.0 Å². The third kappa shape index (κ3) is 2.69. The Morgan fingerprint density at radius 1 is 1.43 bits per heavy atom. The van der Waals surface area contributed by atoms with Crippen molar-refractivity contribution < 1.29 is 17.7 Å². The van der Waals surface area contributed by atoms with Gasteiger partial charge in [0, 0.05) is 5.56 Å². The van der Waals surface area contributed by atoms with E-state index in [0.717, 1.165) is 7.11 Å². The van der Waals surface area contributed by atoms with E-state index in [1.807, 2.05) is 0 Å². The minimum absolute atomic E-state index is 0.234. The van der Waals surface area contributed by atoms with Crippen molar-refractivity contribution in [1.82, 2.24) is 0 Å². The van der Waals surface area contributed by atoms with Crippen LogP contribution in [0.15, 0.2) is 24.3 Å². The molecule has 1 rings (SSSR count). The van der Waals surface area contributed by atoms with Crippen molar-refractivity contribution in [2.45, 2.75) is 6.61 Å². The summed E-state index contributed by atoms with van der Waals surface area (Å²) in [7, 11) is -2.71. The first-order chi connectivity index (χ1) is 6.59. The maximum Gasteiger partial charge on any atom is 0.359 e. The van der Waals surface area contributed by atoms with Crippen LogP contribution < -0.4 is 4.72 Å². The summed E-state index contributed by atoms with van der Waals surface area (Å²) in [4.78, 5) is 0. The van der Waals surface area contributed by atoms with Gasteiger partial charge in [-0.15, -0.1) is 0 Å². The van der Waals surface area contributed by atoms with Gasteiger partial charge in [0.05, 0.1) is 19.4 Å². The van der Waals surface area contributed by atoms with Crippen molar-refractivity contribution in [2.75, 3.05) is 11.8 Å². The lowest BCUT2D eigenvalue weighted by molar-refractivity contribution is 0.282. The fraction of sp³-hybridized carbons (Fsp3) is 0.250. The molecule has 78 valence electrons. The van der Waals surface area contributed by atoms with Crippen LogP contribution in [0.1, 0.15) is 5.56 Å². The molecule has 0 atom stereocenters. The van der Waals surface area contributed by atoms with Gasteiger partial charge in [0.15, 0.2) is 0 Å². The van der Waals surface area contributed by atoms with Gasteiger partial charge in [-0.25, -0.2) is 0 Å². The number of aliphatic hydroxyl groups is 1. The Morgan fingerprint density at radius 3 is 2.64 bits per heavy atom. The molecule has 6 heteroatoms. The minimum Gasteiger partial charge on any atom is -0.392 e. The Kier molecular flexibility index (Phi) is 3.45. The van der Waals surface area contributed by atoms with Gasteiger partial charge in [0.25, 0.3) is 0 Å². The Balaban J connectivity index is 2.97. The van der Waals surface area contributed by atoms with E-state index in [-0.39, 0.29) is 6.61 Å². The zero-order valence-corrected chi connectivity index (χ0v) is 8.41. The Morgan fingerprint density at radius 2 is 2.07 bits per heavy atom. The van der Waals surface area contributed by atoms with Crippen LogP contribution in [0.4, 0.5) is 5.69 Å². The van der Waals surface area contributed by atoms with E-state index < -0.39 is 10.3 Å². The van der Waals surface area contributed by atoms with Crippen LogP contribution in [-0.2, 0) is 21.1 Å². The maximum absolute atomic E-state index is 11.0. The summed E-state index contributed by atoms with van der Waals surface area (Å²) in [6.07, 6.45) is 0. The number of para-hydroxylation sites is 1. The number of rotatable bonds is 4. The summed E-state index contributed by atoms with van der Waals surface area (Å²) < 4.78 is 28.4. The number of benzene rings is 1. The molecule has 0 spiro atoms. The lowest BCUT2D eigenvalue weighted by Gasteiger charge is -2.08. The lowest BCUT2D eigenvalue weighted by Crippen LogP contribution is -2.14. The van der Waals surface area contributed by atoms with Crippen LogP contribution in [0.25, 0.3) is 0 Å². The summed E-state index contributed by atoms with van der Waals surface area (Å²) in [6.45, 7) is -0.234. The first kappa shape index (κ1) is 11.0. The molecule has 1 aromatic carbocycles. The Labute approximate surface area is 82.6 Å². The van der Waals surface area contributed by atoms with Gasteiger partial charge in [-0.05, 0) is 6.07 Å². The highest BCUT2D eigenvalue weighted by molar-refractivity contribution is 7.88. The molecule has 0 saturated heterocycles. The molecule has 1 aromatic rings. The molecule has 0 amide bonds. The van der Waals surface area contributed by atoms with Crippen LogP contribution >= 0.6 is 0 Å². The molecule has 0 heterocycles. The second-order valence-corrected chi connectivity index (χ2v) is 3.98. The fourth-order valence-electron chi connectivity index (χ4n) is 0.934. The van der Waals surface area contributed by atoms with E-state index in [4.69, 9.17) is 5.11 Å². The summed E-state index contributed by atoms with van der Waals surface area (Å²) in [5, 5.41) is 8.91. The van der Waals surface area contributed by atoms with Crippen LogP contribution in [0.3, 0.4) is 0 Å². The molecule has 5 nitrogen and oxygen atoms in total. The molecule has 0 radical (unpaired) electrons. The minimum atomic E-state index is -3.77. The molecule has 0 bridgehead atoms. The molecular weight excluding hydrogens is 206 g/mol. The maximum atomic E-state index is 11.0. The number of anilines is 1. The van der Waals surface area contributed by atoms with E-state index in [9.17, 15) is 8.42 Å². The standard InChI is InChI=1S/C8H11NO4S/c1-13-14(11,12)9-8-5-3-2-4-7(8)6-10/h2-5,9-10H,6H2,1H3. The average Bonchev–Trinajstić information content (AvgIpc) is 2.18. The van der Waals surface area contributed by atoms with Gasteiger partial charge in [-0.3, -0.25) is 8.91 Å². The molecule has 0 aliphatic rings. The molecular formula is C8H11NO4S. The molecule has 0 fully saturated rings. The highest BCUT2D eigenvalue weighted by Gasteiger charge is 2.09. The zero-order chi connectivity index (χ0) is 10.6. The first-order valence-electron chi connectivity index (χ1n) is 3.86. The number of nitrogens with one attached hydrogen (secondary N) is 1. The third-order valence-electron chi connectivity index (χ3n) is 1.64. The van der Waals surface area contributed by atoms with Crippen molar-refractivity contribution in [3.8, 4) is 0 Å². The quantitative estimate of drug-likeness (QED) is 0.769. The molecule has 0 aliphatic heterocycles. The van der Waals surface area contributed by atoms with Gasteiger partial charge in [0.2, 0.25) is 0 Å². The van der Waals surface area contributed by atoms with E-state index in [1.165, 1.54) is 0 Å². The van der Waals surface area contributed by atoms with Crippen LogP contribution in [0, 0.1) is 0 Å². The van der Waals surface area contributed by atoms with Crippen molar-refractivity contribution in [3.05, 3.63) is 29.8 Å². The Bertz CT molecular complexity index is 402. The van der Waals surface area contributed by atoms with Crippen LogP contribution in [0.5, 0.6) is 0 Å². The van der Waals surface area contributed by atoms with E-state index in [2.05, 4.69) is 8.91 Å². The van der Waals surface area contributed by atoms with Crippen molar-refractivity contribution in [3.63, 3.8) is 0 Å². The van der Waals surface area contributed by atoms with E-state index >= 15 is 0 Å². The predicted molar refractivity (Wildman–Crippen MR) is 51.9 cm³/mol. The number of hydrogen-bond donors (Lipinski definition) is 2. The molecule has 0 aromatic heterocycles. The summed E-state index contributed by atoms with van der Waals surface area (Å²) in [5.41, 5.74) is 0.810. The van der Waals surface area contributed by atoms with Crippen LogP contribution in [0.2, 0.25) is 0 Å². The first-order valence-corrected chi connectivity index (χ1v) is 5.27. The van der Waals surface area contributed by atoms with E-state index in [1.54, 1.807) is 24.3 Å². The Hall–Kier alpha value is -1.11. The van der Waals surface area contributed by atoms with Gasteiger partial charge in [-0.1, -0.05) is 18.2 Å². The van der Waals surface area contributed by atoms with Crippen LogP contribution in [-0.4, -0.2) is 20.6 Å². The lowest BCUT2D eigenvalue weighted by atomic mass is 10.2. The summed E-state index contributed by atoms with van der Waals surface area (Å²) in [6, 6.07) is 6.53. The third-order valence-corrected chi connectivity index (χ3v) is 2.55. The summed E-state index contributed by atoms with van der Waals surface area (Å²) >= 11 is 0. The largest absolute Gasteiger partial charge is 0.392 e. The fourth-order valence-corrected chi connectivity index (χ4v) is 1.49. The predicted octanol–water partition coefficient (Wildman–Crippen LogP) is 0.482. The highest BCUT2D eigenvalue weighted by atomic mass is 32.2. The van der Waals surface area contributed by atoms with Crippen molar-refractivity contribution in [1.29, 1.82) is 0 Å². The molecule has 14 heavy (non-hydrogen) atoms. The van der Waals surface area contributed by atoms with Gasteiger partial charge in [0.1, 0.15) is 0 Å². The summed E-state index contributed by atoms with van der Waals surface area (Å²) in [5.74, 6) is 0. The second kappa shape index (κ2) is 4.41. The molecule has 0 aliphatic carbocycles. The van der Waals surface area contributed by atoms with Gasteiger partial charge in [-0.2, -0.15) is 8.42 Å². The molecule has 0 unspecified atom stereocenters. The highest BCUT2D eigenvalue weighted by Crippen LogP contribution is 2.16. The number of hydrogen-bond acceptors (Lipinski definition) is 4. The normalized spacial score (nSPS) is 11.3. The second-order valence-electron chi connectivity index (χ2n) is 2.54. The molecule has 0 saturated carbocycles. The monoisotopic (exact) mass is 217 g/mol. The SMILES string of the molecule is COS(=O)(=O)Nc1ccccc1CO. The molecule has 2 N–H and O–H groups in total. The van der Waals surface area contributed by atoms with E-state index in [0.29, 0.717) is 11.3 Å². The van der Waals surface area contributed by atoms with Gasteiger partial charge < -0.3 is 5.11 Å². The topological polar surface area (TPSA) is 75.6 Å². The van der Waals surface area contributed by atoms with Gasteiger partial charge >= 0.3 is 10.3 Å². The number of aliphatic hydroxyl groups excluding tert-OH is 1. The van der Waals surface area contributed by atoms with Crippen molar-refractivity contribution in [2.24, 2.45) is 0 Å².